The molecule has 0 unspecified atom stereocenters. The molecule has 2 heteroatoms. The molecule has 2 nitrogen and oxygen atoms in total. The van der Waals surface area contributed by atoms with Crippen LogP contribution in [0.25, 0.3) is 0 Å². The lowest BCUT2D eigenvalue weighted by Crippen LogP contribution is -1.99. The number of hydrogen-bond donors (Lipinski definition) is 0. The van der Waals surface area contributed by atoms with Gasteiger partial charge < -0.3 is 4.74 Å². The van der Waals surface area contributed by atoms with Crippen LogP contribution in [0.5, 0.6) is 11.5 Å². The summed E-state index contributed by atoms with van der Waals surface area (Å²) in [6, 6.07) is 17.9. The molecule has 0 heterocycles. The third-order valence-corrected chi connectivity index (χ3v) is 2.92. The van der Waals surface area contributed by atoms with E-state index in [-0.39, 0.29) is 0 Å². The molecule has 0 atom stereocenters. The van der Waals surface area contributed by atoms with Crippen LogP contribution in [0.15, 0.2) is 59.6 Å². The lowest BCUT2D eigenvalue weighted by molar-refractivity contribution is 0.482. The standard InChI is InChI=1S/C17H19NO/c1-3-7-17(18-2)14-10-12-16(13-11-14)19-15-8-5-4-6-9-15/h4-6,8-13H,3,7H2,1-2H3. The second-order valence-corrected chi connectivity index (χ2v) is 4.36. The van der Waals surface area contributed by atoms with Crippen LogP contribution in [0.4, 0.5) is 0 Å². The number of ether oxygens (including phenoxy) is 1. The molecule has 0 bridgehead atoms. The van der Waals surface area contributed by atoms with Crippen LogP contribution < -0.4 is 4.74 Å². The molecule has 2 aromatic rings. The molecular weight excluding hydrogens is 234 g/mol. The number of rotatable bonds is 5. The highest BCUT2D eigenvalue weighted by atomic mass is 16.5. The molecule has 0 aliphatic rings. The molecular formula is C17H19NO. The normalized spacial score (nSPS) is 11.4. The van der Waals surface area contributed by atoms with Gasteiger partial charge in [-0.2, -0.15) is 0 Å². The Balaban J connectivity index is 2.10. The Kier molecular flexibility index (Phi) is 4.73. The minimum Gasteiger partial charge on any atom is -0.457 e. The van der Waals surface area contributed by atoms with Crippen LogP contribution in [-0.4, -0.2) is 12.8 Å². The predicted octanol–water partition coefficient (Wildman–Crippen LogP) is 4.70. The average molecular weight is 253 g/mol. The summed E-state index contributed by atoms with van der Waals surface area (Å²) in [6.07, 6.45) is 2.12. The Labute approximate surface area is 114 Å². The van der Waals surface area contributed by atoms with Gasteiger partial charge in [-0.3, -0.25) is 4.99 Å². The Morgan fingerprint density at radius 3 is 2.16 bits per heavy atom. The van der Waals surface area contributed by atoms with E-state index in [1.54, 1.807) is 0 Å². The molecule has 0 aromatic heterocycles. The SMILES string of the molecule is CCCC(=NC)c1ccc(Oc2ccccc2)cc1. The monoisotopic (exact) mass is 253 g/mol. The minimum absolute atomic E-state index is 0.849. The zero-order valence-corrected chi connectivity index (χ0v) is 11.5. The maximum absolute atomic E-state index is 5.77. The molecule has 2 rings (SSSR count). The summed E-state index contributed by atoms with van der Waals surface area (Å²) in [5, 5.41) is 0. The van der Waals surface area contributed by atoms with Crippen LogP contribution in [0, 0.1) is 0 Å². The van der Waals surface area contributed by atoms with E-state index < -0.39 is 0 Å². The van der Waals surface area contributed by atoms with Gasteiger partial charge in [-0.25, -0.2) is 0 Å². The van der Waals surface area contributed by atoms with E-state index >= 15 is 0 Å². The zero-order valence-electron chi connectivity index (χ0n) is 11.5. The van der Waals surface area contributed by atoms with E-state index in [2.05, 4.69) is 24.0 Å². The van der Waals surface area contributed by atoms with E-state index in [4.69, 9.17) is 4.74 Å². The van der Waals surface area contributed by atoms with Crippen LogP contribution in [0.1, 0.15) is 25.3 Å². The lowest BCUT2D eigenvalue weighted by atomic mass is 10.1. The van der Waals surface area contributed by atoms with E-state index in [0.717, 1.165) is 30.1 Å². The van der Waals surface area contributed by atoms with E-state index in [1.165, 1.54) is 5.56 Å². The average Bonchev–Trinajstić information content (AvgIpc) is 2.47. The number of aliphatic imine (C=N–C) groups is 1. The molecule has 0 radical (unpaired) electrons. The van der Waals surface area contributed by atoms with Gasteiger partial charge in [0.2, 0.25) is 0 Å². The molecule has 98 valence electrons. The molecule has 0 aliphatic heterocycles. The van der Waals surface area contributed by atoms with Crippen molar-refractivity contribution in [3.63, 3.8) is 0 Å². The summed E-state index contributed by atoms with van der Waals surface area (Å²) in [5.74, 6) is 1.70. The first-order valence-corrected chi connectivity index (χ1v) is 6.62. The second-order valence-electron chi connectivity index (χ2n) is 4.36. The van der Waals surface area contributed by atoms with Gasteiger partial charge >= 0.3 is 0 Å². The van der Waals surface area contributed by atoms with Gasteiger partial charge in [0, 0.05) is 12.8 Å². The molecule has 0 amide bonds. The molecule has 0 saturated heterocycles. The molecule has 0 spiro atoms. The van der Waals surface area contributed by atoms with Crippen molar-refractivity contribution >= 4 is 5.71 Å². The fourth-order valence-electron chi connectivity index (χ4n) is 1.96. The zero-order chi connectivity index (χ0) is 13.5. The molecule has 19 heavy (non-hydrogen) atoms. The molecule has 0 aliphatic carbocycles. The van der Waals surface area contributed by atoms with Crippen molar-refractivity contribution in [3.8, 4) is 11.5 Å². The van der Waals surface area contributed by atoms with Gasteiger partial charge in [0.1, 0.15) is 11.5 Å². The highest BCUT2D eigenvalue weighted by Crippen LogP contribution is 2.21. The van der Waals surface area contributed by atoms with Crippen LogP contribution in [-0.2, 0) is 0 Å². The summed E-state index contributed by atoms with van der Waals surface area (Å²) < 4.78 is 5.77. The third-order valence-electron chi connectivity index (χ3n) is 2.92. The summed E-state index contributed by atoms with van der Waals surface area (Å²) >= 11 is 0. The van der Waals surface area contributed by atoms with Gasteiger partial charge in [0.25, 0.3) is 0 Å². The largest absolute Gasteiger partial charge is 0.457 e. The van der Waals surface area contributed by atoms with E-state index in [9.17, 15) is 0 Å². The van der Waals surface area contributed by atoms with Gasteiger partial charge in [-0.05, 0) is 48.4 Å². The fourth-order valence-corrected chi connectivity index (χ4v) is 1.96. The molecule has 2 aromatic carbocycles. The smallest absolute Gasteiger partial charge is 0.127 e. The summed E-state index contributed by atoms with van der Waals surface area (Å²) in [7, 11) is 1.85. The third kappa shape index (κ3) is 3.68. The lowest BCUT2D eigenvalue weighted by Gasteiger charge is -2.08. The van der Waals surface area contributed by atoms with E-state index in [1.807, 2.05) is 49.5 Å². The predicted molar refractivity (Wildman–Crippen MR) is 80.3 cm³/mol. The summed E-state index contributed by atoms with van der Waals surface area (Å²) in [5.41, 5.74) is 2.32. The Hall–Kier alpha value is -2.09. The summed E-state index contributed by atoms with van der Waals surface area (Å²) in [6.45, 7) is 2.16. The van der Waals surface area contributed by atoms with Crippen molar-refractivity contribution in [2.75, 3.05) is 7.05 Å². The molecule has 0 fully saturated rings. The molecule has 0 saturated carbocycles. The number of hydrogen-bond acceptors (Lipinski definition) is 2. The maximum Gasteiger partial charge on any atom is 0.127 e. The van der Waals surface area contributed by atoms with Gasteiger partial charge in [-0.1, -0.05) is 31.5 Å². The molecule has 0 N–H and O–H groups in total. The highest BCUT2D eigenvalue weighted by molar-refractivity contribution is 6.00. The maximum atomic E-state index is 5.77. The Bertz CT molecular complexity index is 529. The van der Waals surface area contributed by atoms with Crippen LogP contribution in [0.2, 0.25) is 0 Å². The minimum atomic E-state index is 0.849. The Morgan fingerprint density at radius 2 is 1.58 bits per heavy atom. The van der Waals surface area contributed by atoms with Crippen molar-refractivity contribution in [1.82, 2.24) is 0 Å². The van der Waals surface area contributed by atoms with Crippen molar-refractivity contribution in [2.24, 2.45) is 4.99 Å². The number of para-hydroxylation sites is 1. The summed E-state index contributed by atoms with van der Waals surface area (Å²) in [4.78, 5) is 4.34. The van der Waals surface area contributed by atoms with Gasteiger partial charge in [0.05, 0.1) is 0 Å². The van der Waals surface area contributed by atoms with Gasteiger partial charge in [-0.15, -0.1) is 0 Å². The van der Waals surface area contributed by atoms with Gasteiger partial charge in [0.15, 0.2) is 0 Å². The van der Waals surface area contributed by atoms with Crippen molar-refractivity contribution in [3.05, 3.63) is 60.2 Å². The van der Waals surface area contributed by atoms with Crippen molar-refractivity contribution < 1.29 is 4.74 Å². The fraction of sp³-hybridized carbons (Fsp3) is 0.235. The quantitative estimate of drug-likeness (QED) is 0.708. The first-order valence-electron chi connectivity index (χ1n) is 6.62. The highest BCUT2D eigenvalue weighted by Gasteiger charge is 2.02. The van der Waals surface area contributed by atoms with Crippen molar-refractivity contribution in [1.29, 1.82) is 0 Å². The van der Waals surface area contributed by atoms with E-state index in [0.29, 0.717) is 0 Å². The Morgan fingerprint density at radius 1 is 0.947 bits per heavy atom. The van der Waals surface area contributed by atoms with Crippen LogP contribution in [0.3, 0.4) is 0 Å². The topological polar surface area (TPSA) is 21.6 Å². The second kappa shape index (κ2) is 6.74. The first-order chi connectivity index (χ1) is 9.33. The first kappa shape index (κ1) is 13.3. The number of nitrogens with zero attached hydrogens (tertiary/aromatic N) is 1. The number of benzene rings is 2. The van der Waals surface area contributed by atoms with Crippen LogP contribution >= 0.6 is 0 Å². The van der Waals surface area contributed by atoms with Crippen molar-refractivity contribution in [2.45, 2.75) is 19.8 Å².